The minimum atomic E-state index is 0.889. The average Bonchev–Trinajstić information content (AvgIpc) is 3.28. The molecule has 2 aromatic carbocycles. The van der Waals surface area contributed by atoms with Gasteiger partial charge in [-0.2, -0.15) is 0 Å². The van der Waals surface area contributed by atoms with Crippen LogP contribution in [0.15, 0.2) is 72.1 Å². The van der Waals surface area contributed by atoms with E-state index >= 15 is 0 Å². The SMILES string of the molecule is COc1ccc2c(c1)cc1c3ccccc3cc(-c3cccs3)n21. The first-order valence-electron chi connectivity index (χ1n) is 7.90. The highest BCUT2D eigenvalue weighted by atomic mass is 32.1. The first-order valence-corrected chi connectivity index (χ1v) is 8.78. The Morgan fingerprint density at radius 3 is 2.58 bits per heavy atom. The highest BCUT2D eigenvalue weighted by Gasteiger charge is 2.13. The summed E-state index contributed by atoms with van der Waals surface area (Å²) in [6.07, 6.45) is 0. The molecule has 0 saturated carbocycles. The molecule has 0 spiro atoms. The molecule has 0 N–H and O–H groups in total. The second-order valence-electron chi connectivity index (χ2n) is 5.88. The second-order valence-corrected chi connectivity index (χ2v) is 6.83. The summed E-state index contributed by atoms with van der Waals surface area (Å²) >= 11 is 1.77. The molecule has 3 heteroatoms. The maximum Gasteiger partial charge on any atom is 0.119 e. The normalized spacial score (nSPS) is 11.5. The summed E-state index contributed by atoms with van der Waals surface area (Å²) in [4.78, 5) is 1.28. The molecule has 0 radical (unpaired) electrons. The quantitative estimate of drug-likeness (QED) is 0.388. The number of aromatic nitrogens is 1. The van der Waals surface area contributed by atoms with Crippen LogP contribution in [0.25, 0.3) is 37.8 Å². The monoisotopic (exact) mass is 329 g/mol. The zero-order valence-corrected chi connectivity index (χ0v) is 14.0. The van der Waals surface area contributed by atoms with E-state index in [9.17, 15) is 0 Å². The Morgan fingerprint density at radius 1 is 0.833 bits per heavy atom. The fourth-order valence-electron chi connectivity index (χ4n) is 3.45. The van der Waals surface area contributed by atoms with Crippen molar-refractivity contribution in [1.29, 1.82) is 0 Å². The first kappa shape index (κ1) is 13.6. The molecular formula is C21H15NOS. The van der Waals surface area contributed by atoms with Gasteiger partial charge in [-0.25, -0.2) is 0 Å². The molecule has 0 amide bonds. The number of benzene rings is 2. The van der Waals surface area contributed by atoms with E-state index in [-0.39, 0.29) is 0 Å². The molecule has 0 aliphatic heterocycles. The highest BCUT2D eigenvalue weighted by Crippen LogP contribution is 2.36. The molecule has 0 bridgehead atoms. The number of ether oxygens (including phenoxy) is 1. The Labute approximate surface area is 143 Å². The van der Waals surface area contributed by atoms with Crippen LogP contribution in [0.1, 0.15) is 0 Å². The van der Waals surface area contributed by atoms with Gasteiger partial charge in [0.25, 0.3) is 0 Å². The maximum atomic E-state index is 5.40. The van der Waals surface area contributed by atoms with Crippen LogP contribution in [0.2, 0.25) is 0 Å². The van der Waals surface area contributed by atoms with Gasteiger partial charge < -0.3 is 9.14 Å². The van der Waals surface area contributed by atoms with E-state index in [2.05, 4.69) is 70.4 Å². The molecule has 0 atom stereocenters. The number of hydrogen-bond acceptors (Lipinski definition) is 2. The number of nitrogens with zero attached hydrogens (tertiary/aromatic N) is 1. The predicted octanol–water partition coefficient (Wildman–Crippen LogP) is 5.98. The van der Waals surface area contributed by atoms with Crippen LogP contribution in [0, 0.1) is 0 Å². The largest absolute Gasteiger partial charge is 0.497 e. The van der Waals surface area contributed by atoms with Crippen LogP contribution in [-0.2, 0) is 0 Å². The number of fused-ring (bicyclic) bond motifs is 5. The van der Waals surface area contributed by atoms with Crippen molar-refractivity contribution < 1.29 is 4.74 Å². The van der Waals surface area contributed by atoms with Gasteiger partial charge in [0, 0.05) is 10.8 Å². The molecule has 2 nitrogen and oxygen atoms in total. The molecule has 116 valence electrons. The van der Waals surface area contributed by atoms with Crippen LogP contribution in [-0.4, -0.2) is 11.5 Å². The van der Waals surface area contributed by atoms with E-state index < -0.39 is 0 Å². The summed E-state index contributed by atoms with van der Waals surface area (Å²) in [5.74, 6) is 0.889. The fraction of sp³-hybridized carbons (Fsp3) is 0.0476. The van der Waals surface area contributed by atoms with Gasteiger partial charge in [-0.1, -0.05) is 30.3 Å². The van der Waals surface area contributed by atoms with Gasteiger partial charge in [0.15, 0.2) is 0 Å². The number of thiophene rings is 1. The Bertz CT molecular complexity index is 1190. The Balaban J connectivity index is 2.02. The van der Waals surface area contributed by atoms with Crippen molar-refractivity contribution in [1.82, 2.24) is 4.40 Å². The fourth-order valence-corrected chi connectivity index (χ4v) is 4.18. The molecule has 0 fully saturated rings. The van der Waals surface area contributed by atoms with Gasteiger partial charge in [0.05, 0.1) is 28.7 Å². The highest BCUT2D eigenvalue weighted by molar-refractivity contribution is 7.13. The minimum absolute atomic E-state index is 0.889. The lowest BCUT2D eigenvalue weighted by Gasteiger charge is -2.10. The van der Waals surface area contributed by atoms with Crippen molar-refractivity contribution in [2.75, 3.05) is 7.11 Å². The molecule has 0 saturated heterocycles. The van der Waals surface area contributed by atoms with Gasteiger partial charge in [-0.05, 0) is 47.2 Å². The first-order chi connectivity index (χ1) is 11.8. The number of pyridine rings is 1. The van der Waals surface area contributed by atoms with Crippen LogP contribution in [0.3, 0.4) is 0 Å². The van der Waals surface area contributed by atoms with Gasteiger partial charge in [0.2, 0.25) is 0 Å². The summed E-state index contributed by atoms with van der Waals surface area (Å²) in [5.41, 5.74) is 3.68. The molecule has 5 rings (SSSR count). The van der Waals surface area contributed by atoms with E-state index in [1.165, 1.54) is 37.8 Å². The minimum Gasteiger partial charge on any atom is -0.497 e. The van der Waals surface area contributed by atoms with E-state index in [1.54, 1.807) is 18.4 Å². The van der Waals surface area contributed by atoms with Crippen molar-refractivity contribution in [3.8, 4) is 16.3 Å². The lowest BCUT2D eigenvalue weighted by Crippen LogP contribution is -1.92. The molecule has 3 heterocycles. The van der Waals surface area contributed by atoms with Crippen molar-refractivity contribution in [3.63, 3.8) is 0 Å². The molecule has 5 aromatic rings. The molecule has 3 aromatic heterocycles. The molecule has 0 aliphatic carbocycles. The van der Waals surface area contributed by atoms with Gasteiger partial charge in [-0.3, -0.25) is 0 Å². The summed E-state index contributed by atoms with van der Waals surface area (Å²) in [7, 11) is 1.71. The summed E-state index contributed by atoms with van der Waals surface area (Å²) in [6, 6.07) is 23.7. The summed E-state index contributed by atoms with van der Waals surface area (Å²) < 4.78 is 7.77. The summed E-state index contributed by atoms with van der Waals surface area (Å²) in [6.45, 7) is 0. The van der Waals surface area contributed by atoms with Crippen LogP contribution in [0.5, 0.6) is 5.75 Å². The van der Waals surface area contributed by atoms with Gasteiger partial charge >= 0.3 is 0 Å². The topological polar surface area (TPSA) is 13.6 Å². The van der Waals surface area contributed by atoms with E-state index in [1.807, 2.05) is 6.07 Å². The Kier molecular flexibility index (Phi) is 2.91. The van der Waals surface area contributed by atoms with Crippen molar-refractivity contribution >= 4 is 38.5 Å². The standard InChI is InChI=1S/C21H15NOS/c1-23-16-8-9-18-15(11-16)13-19-17-6-3-2-5-14(17)12-20(22(18)19)21-7-4-10-24-21/h2-13H,1H3. The van der Waals surface area contributed by atoms with Crippen LogP contribution < -0.4 is 4.74 Å². The van der Waals surface area contributed by atoms with E-state index in [0.29, 0.717) is 0 Å². The lowest BCUT2D eigenvalue weighted by molar-refractivity contribution is 0.415. The maximum absolute atomic E-state index is 5.40. The number of methoxy groups -OCH3 is 1. The molecular weight excluding hydrogens is 314 g/mol. The van der Waals surface area contributed by atoms with Crippen molar-refractivity contribution in [2.45, 2.75) is 0 Å². The average molecular weight is 329 g/mol. The number of rotatable bonds is 2. The van der Waals surface area contributed by atoms with Crippen LogP contribution >= 0.6 is 11.3 Å². The molecule has 24 heavy (non-hydrogen) atoms. The third kappa shape index (κ3) is 1.88. The molecule has 0 unspecified atom stereocenters. The van der Waals surface area contributed by atoms with Crippen LogP contribution in [0.4, 0.5) is 0 Å². The molecule has 0 aliphatic rings. The second kappa shape index (κ2) is 5.11. The number of hydrogen-bond donors (Lipinski definition) is 0. The third-order valence-corrected chi connectivity index (χ3v) is 5.44. The van der Waals surface area contributed by atoms with E-state index in [4.69, 9.17) is 4.74 Å². The smallest absolute Gasteiger partial charge is 0.119 e. The lowest BCUT2D eigenvalue weighted by atomic mass is 10.1. The van der Waals surface area contributed by atoms with Crippen molar-refractivity contribution in [3.05, 3.63) is 72.1 Å². The summed E-state index contributed by atoms with van der Waals surface area (Å²) in [5, 5.41) is 5.87. The van der Waals surface area contributed by atoms with Gasteiger partial charge in [0.1, 0.15) is 5.75 Å². The van der Waals surface area contributed by atoms with E-state index in [0.717, 1.165) is 5.75 Å². The van der Waals surface area contributed by atoms with Crippen molar-refractivity contribution in [2.24, 2.45) is 0 Å². The predicted molar refractivity (Wildman–Crippen MR) is 102 cm³/mol. The third-order valence-electron chi connectivity index (χ3n) is 4.55. The zero-order chi connectivity index (χ0) is 16.1. The Morgan fingerprint density at radius 2 is 1.75 bits per heavy atom. The zero-order valence-electron chi connectivity index (χ0n) is 13.2. The Hall–Kier alpha value is -2.78. The van der Waals surface area contributed by atoms with Gasteiger partial charge in [-0.15, -0.1) is 11.3 Å².